The summed E-state index contributed by atoms with van der Waals surface area (Å²) in [5.74, 6) is 2.11. The van der Waals surface area contributed by atoms with Crippen LogP contribution in [0.3, 0.4) is 0 Å². The molecule has 2 rings (SSSR count). The van der Waals surface area contributed by atoms with Crippen LogP contribution in [0.25, 0.3) is 0 Å². The van der Waals surface area contributed by atoms with Crippen LogP contribution in [0.1, 0.15) is 5.56 Å². The Hall–Kier alpha value is -2.07. The third-order valence-electron chi connectivity index (χ3n) is 3.12. The maximum Gasteiger partial charge on any atom is 0.145 e. The quantitative estimate of drug-likeness (QED) is 0.876. The van der Waals surface area contributed by atoms with E-state index in [1.165, 1.54) is 0 Å². The largest absolute Gasteiger partial charge is 0.497 e. The summed E-state index contributed by atoms with van der Waals surface area (Å²) in [6, 6.07) is 11.4. The minimum Gasteiger partial charge on any atom is -0.497 e. The summed E-state index contributed by atoms with van der Waals surface area (Å²) in [4.78, 5) is 0. The van der Waals surface area contributed by atoms with Crippen molar-refractivity contribution in [2.45, 2.75) is 6.54 Å². The molecule has 0 unspecified atom stereocenters. The lowest BCUT2D eigenvalue weighted by atomic mass is 10.2. The molecule has 0 aliphatic heterocycles. The minimum absolute atomic E-state index is 0.538. The van der Waals surface area contributed by atoms with Crippen LogP contribution in [0.2, 0.25) is 5.02 Å². The molecule has 2 aromatic carbocycles. The lowest BCUT2D eigenvalue weighted by Crippen LogP contribution is -2.02. The van der Waals surface area contributed by atoms with Gasteiger partial charge in [-0.15, -0.1) is 0 Å². The molecule has 0 aromatic heterocycles. The Morgan fingerprint density at radius 3 is 2.14 bits per heavy atom. The van der Waals surface area contributed by atoms with Crippen LogP contribution in [-0.2, 0) is 6.54 Å². The predicted octanol–water partition coefficient (Wildman–Crippen LogP) is 3.98. The molecule has 0 heterocycles. The molecule has 4 nitrogen and oxygen atoms in total. The van der Waals surface area contributed by atoms with E-state index < -0.39 is 0 Å². The van der Waals surface area contributed by atoms with Gasteiger partial charge in [0, 0.05) is 12.6 Å². The van der Waals surface area contributed by atoms with Gasteiger partial charge in [0.25, 0.3) is 0 Å². The van der Waals surface area contributed by atoms with Crippen molar-refractivity contribution in [1.82, 2.24) is 0 Å². The summed E-state index contributed by atoms with van der Waals surface area (Å²) in [7, 11) is 4.84. The van der Waals surface area contributed by atoms with Gasteiger partial charge in [-0.2, -0.15) is 0 Å². The fourth-order valence-electron chi connectivity index (χ4n) is 1.94. The van der Waals surface area contributed by atoms with E-state index in [1.807, 2.05) is 24.3 Å². The van der Waals surface area contributed by atoms with E-state index in [1.54, 1.807) is 33.5 Å². The van der Waals surface area contributed by atoms with Crippen LogP contribution in [-0.4, -0.2) is 21.3 Å². The van der Waals surface area contributed by atoms with Gasteiger partial charge >= 0.3 is 0 Å². The summed E-state index contributed by atoms with van der Waals surface area (Å²) in [5.41, 5.74) is 1.95. The lowest BCUT2D eigenvalue weighted by molar-refractivity contribution is 0.395. The monoisotopic (exact) mass is 307 g/mol. The van der Waals surface area contributed by atoms with Gasteiger partial charge in [0.15, 0.2) is 0 Å². The van der Waals surface area contributed by atoms with E-state index in [9.17, 15) is 0 Å². The molecule has 0 saturated carbocycles. The highest BCUT2D eigenvalue weighted by Crippen LogP contribution is 2.36. The zero-order valence-corrected chi connectivity index (χ0v) is 13.0. The Kier molecular flexibility index (Phi) is 5.17. The summed E-state index contributed by atoms with van der Waals surface area (Å²) in [6.45, 7) is 0.656. The van der Waals surface area contributed by atoms with E-state index in [4.69, 9.17) is 25.8 Å². The van der Waals surface area contributed by atoms with Crippen molar-refractivity contribution in [2.75, 3.05) is 26.6 Å². The normalized spacial score (nSPS) is 10.1. The van der Waals surface area contributed by atoms with Crippen molar-refractivity contribution in [3.8, 4) is 17.2 Å². The third kappa shape index (κ3) is 3.73. The fraction of sp³-hybridized carbons (Fsp3) is 0.250. The number of halogens is 1. The first-order valence-corrected chi connectivity index (χ1v) is 6.84. The van der Waals surface area contributed by atoms with E-state index in [0.29, 0.717) is 23.1 Å². The van der Waals surface area contributed by atoms with Gasteiger partial charge in [-0.1, -0.05) is 23.7 Å². The average Bonchev–Trinajstić information content (AvgIpc) is 2.53. The van der Waals surface area contributed by atoms with Gasteiger partial charge in [0.2, 0.25) is 0 Å². The molecule has 0 saturated heterocycles. The van der Waals surface area contributed by atoms with Crippen LogP contribution in [0, 0.1) is 0 Å². The Bertz CT molecular complexity index is 599. The number of ether oxygens (including phenoxy) is 3. The predicted molar refractivity (Wildman–Crippen MR) is 84.9 cm³/mol. The SMILES string of the molecule is COc1ccc(CNc2cc(Cl)c(OC)cc2OC)cc1. The van der Waals surface area contributed by atoms with E-state index in [0.717, 1.165) is 17.0 Å². The maximum atomic E-state index is 6.14. The highest BCUT2D eigenvalue weighted by atomic mass is 35.5. The van der Waals surface area contributed by atoms with Gasteiger partial charge in [-0.3, -0.25) is 0 Å². The highest BCUT2D eigenvalue weighted by Gasteiger charge is 2.09. The lowest BCUT2D eigenvalue weighted by Gasteiger charge is -2.14. The van der Waals surface area contributed by atoms with E-state index >= 15 is 0 Å². The van der Waals surface area contributed by atoms with Crippen LogP contribution < -0.4 is 19.5 Å². The number of hydrogen-bond donors (Lipinski definition) is 1. The average molecular weight is 308 g/mol. The van der Waals surface area contributed by atoms with Crippen molar-refractivity contribution >= 4 is 17.3 Å². The number of benzene rings is 2. The number of nitrogens with one attached hydrogen (secondary N) is 1. The molecular formula is C16H18ClNO3. The maximum absolute atomic E-state index is 6.14. The molecule has 21 heavy (non-hydrogen) atoms. The van der Waals surface area contributed by atoms with Gasteiger partial charge in [-0.05, 0) is 23.8 Å². The van der Waals surface area contributed by atoms with Gasteiger partial charge in [-0.25, -0.2) is 0 Å². The van der Waals surface area contributed by atoms with Crippen molar-refractivity contribution in [1.29, 1.82) is 0 Å². The van der Waals surface area contributed by atoms with Crippen molar-refractivity contribution < 1.29 is 14.2 Å². The Morgan fingerprint density at radius 1 is 0.905 bits per heavy atom. The summed E-state index contributed by atoms with van der Waals surface area (Å²) < 4.78 is 15.7. The van der Waals surface area contributed by atoms with Crippen molar-refractivity contribution in [3.05, 3.63) is 47.0 Å². The molecule has 0 spiro atoms. The zero-order valence-electron chi connectivity index (χ0n) is 12.3. The Balaban J connectivity index is 2.13. The summed E-state index contributed by atoms with van der Waals surface area (Å²) >= 11 is 6.14. The molecule has 0 fully saturated rings. The highest BCUT2D eigenvalue weighted by molar-refractivity contribution is 6.32. The first-order chi connectivity index (χ1) is 10.2. The Morgan fingerprint density at radius 2 is 1.57 bits per heavy atom. The molecule has 0 aliphatic rings. The third-order valence-corrected chi connectivity index (χ3v) is 3.41. The van der Waals surface area contributed by atoms with Crippen LogP contribution in [0.15, 0.2) is 36.4 Å². The van der Waals surface area contributed by atoms with Crippen molar-refractivity contribution in [3.63, 3.8) is 0 Å². The molecule has 0 aliphatic carbocycles. The van der Waals surface area contributed by atoms with Gasteiger partial charge in [0.05, 0.1) is 32.0 Å². The molecular weight excluding hydrogens is 290 g/mol. The molecule has 0 atom stereocenters. The summed E-state index contributed by atoms with van der Waals surface area (Å²) in [5, 5.41) is 3.84. The molecule has 0 bridgehead atoms. The number of methoxy groups -OCH3 is 3. The topological polar surface area (TPSA) is 39.7 Å². The number of rotatable bonds is 6. The summed E-state index contributed by atoms with van der Waals surface area (Å²) in [6.07, 6.45) is 0. The minimum atomic E-state index is 0.538. The smallest absolute Gasteiger partial charge is 0.145 e. The molecule has 0 radical (unpaired) electrons. The molecule has 0 amide bonds. The van der Waals surface area contributed by atoms with E-state index in [-0.39, 0.29) is 0 Å². The number of anilines is 1. The second-order valence-corrected chi connectivity index (χ2v) is 4.80. The van der Waals surface area contributed by atoms with Crippen molar-refractivity contribution in [2.24, 2.45) is 0 Å². The first-order valence-electron chi connectivity index (χ1n) is 6.46. The molecule has 1 N–H and O–H groups in total. The second kappa shape index (κ2) is 7.09. The van der Waals surface area contributed by atoms with Gasteiger partial charge in [0.1, 0.15) is 17.2 Å². The Labute approximate surface area is 129 Å². The first kappa shape index (κ1) is 15.3. The van der Waals surface area contributed by atoms with E-state index in [2.05, 4.69) is 5.32 Å². The molecule has 112 valence electrons. The number of hydrogen-bond acceptors (Lipinski definition) is 4. The van der Waals surface area contributed by atoms with Crippen LogP contribution in [0.4, 0.5) is 5.69 Å². The molecule has 2 aromatic rings. The molecule has 5 heteroatoms. The zero-order chi connectivity index (χ0) is 15.2. The van der Waals surface area contributed by atoms with Crippen LogP contribution >= 0.6 is 11.6 Å². The fourth-order valence-corrected chi connectivity index (χ4v) is 2.18. The van der Waals surface area contributed by atoms with Crippen LogP contribution in [0.5, 0.6) is 17.2 Å². The second-order valence-electron chi connectivity index (χ2n) is 4.39. The van der Waals surface area contributed by atoms with Gasteiger partial charge < -0.3 is 19.5 Å². The standard InChI is InChI=1S/C16H18ClNO3/c1-19-12-6-4-11(5-7-12)10-18-14-8-13(17)15(20-2)9-16(14)21-3/h4-9,18H,10H2,1-3H3.